The van der Waals surface area contributed by atoms with Gasteiger partial charge in [0.25, 0.3) is 0 Å². The Morgan fingerprint density at radius 2 is 2.50 bits per heavy atom. The van der Waals surface area contributed by atoms with Crippen molar-refractivity contribution in [1.82, 2.24) is 5.32 Å². The average Bonchev–Trinajstić information content (AvgIpc) is 2.89. The summed E-state index contributed by atoms with van der Waals surface area (Å²) in [4.78, 5) is 4.56. The van der Waals surface area contributed by atoms with Gasteiger partial charge in [0.15, 0.2) is 5.17 Å². The molecule has 1 aromatic heterocycles. The molecule has 1 aliphatic heterocycles. The van der Waals surface area contributed by atoms with Crippen molar-refractivity contribution in [3.8, 4) is 0 Å². The van der Waals surface area contributed by atoms with E-state index in [-0.39, 0.29) is 0 Å². The molecule has 0 amide bonds. The van der Waals surface area contributed by atoms with Gasteiger partial charge in [0.1, 0.15) is 0 Å². The molecule has 0 fully saturated rings. The number of thioether (sulfide) groups is 1. The predicted octanol–water partition coefficient (Wildman–Crippen LogP) is 3.67. The zero-order valence-corrected chi connectivity index (χ0v) is 11.4. The van der Waals surface area contributed by atoms with Crippen LogP contribution in [0.1, 0.15) is 38.3 Å². The maximum atomic E-state index is 4.56. The molecule has 2 atom stereocenters. The Labute approximate surface area is 106 Å². The first-order chi connectivity index (χ1) is 7.79. The van der Waals surface area contributed by atoms with Gasteiger partial charge in [-0.2, -0.15) is 11.3 Å². The van der Waals surface area contributed by atoms with Gasteiger partial charge >= 0.3 is 0 Å². The van der Waals surface area contributed by atoms with Crippen LogP contribution in [0, 0.1) is 0 Å². The highest BCUT2D eigenvalue weighted by Gasteiger charge is 2.20. The van der Waals surface area contributed by atoms with Crippen molar-refractivity contribution >= 4 is 28.3 Å². The van der Waals surface area contributed by atoms with E-state index >= 15 is 0 Å². The fraction of sp³-hybridized carbons (Fsp3) is 0.583. The molecule has 88 valence electrons. The Balaban J connectivity index is 1.83. The summed E-state index contributed by atoms with van der Waals surface area (Å²) in [6.45, 7) is 5.41. The van der Waals surface area contributed by atoms with Gasteiger partial charge in [0.05, 0.1) is 12.6 Å². The second-order valence-electron chi connectivity index (χ2n) is 4.10. The molecule has 0 aromatic carbocycles. The van der Waals surface area contributed by atoms with Gasteiger partial charge in [-0.3, -0.25) is 4.99 Å². The minimum Gasteiger partial charge on any atom is -0.358 e. The topological polar surface area (TPSA) is 24.4 Å². The van der Waals surface area contributed by atoms with Crippen LogP contribution in [0.25, 0.3) is 0 Å². The highest BCUT2D eigenvalue weighted by Crippen LogP contribution is 2.25. The molecule has 1 aromatic rings. The summed E-state index contributed by atoms with van der Waals surface area (Å²) in [6, 6.07) is 2.55. The Morgan fingerprint density at radius 3 is 3.19 bits per heavy atom. The molecule has 0 bridgehead atoms. The number of aliphatic imine (C=N–C) groups is 1. The standard InChI is InChI=1S/C12H18N2S2/c1-3-4-11-7-13-12(16-11)14-9(2)10-5-6-15-8-10/h5-6,8-9,11H,3-4,7H2,1-2H3,(H,13,14). The lowest BCUT2D eigenvalue weighted by Crippen LogP contribution is -2.23. The van der Waals surface area contributed by atoms with E-state index in [4.69, 9.17) is 0 Å². The molecule has 4 heteroatoms. The molecule has 1 N–H and O–H groups in total. The third-order valence-electron chi connectivity index (χ3n) is 2.71. The van der Waals surface area contributed by atoms with Crippen LogP contribution < -0.4 is 5.32 Å². The fourth-order valence-corrected chi connectivity index (χ4v) is 3.73. The molecular formula is C12H18N2S2. The van der Waals surface area contributed by atoms with Crippen LogP contribution >= 0.6 is 23.1 Å². The Hall–Kier alpha value is -0.480. The molecule has 0 aliphatic carbocycles. The van der Waals surface area contributed by atoms with Crippen LogP contribution in [0.4, 0.5) is 0 Å². The van der Waals surface area contributed by atoms with Crippen molar-refractivity contribution in [3.05, 3.63) is 22.4 Å². The van der Waals surface area contributed by atoms with Crippen molar-refractivity contribution in [2.75, 3.05) is 6.54 Å². The molecule has 16 heavy (non-hydrogen) atoms. The number of hydrogen-bond acceptors (Lipinski definition) is 4. The number of nitrogens with zero attached hydrogens (tertiary/aromatic N) is 1. The smallest absolute Gasteiger partial charge is 0.157 e. The minimum atomic E-state index is 0.373. The van der Waals surface area contributed by atoms with Crippen molar-refractivity contribution < 1.29 is 0 Å². The van der Waals surface area contributed by atoms with Gasteiger partial charge in [-0.25, -0.2) is 0 Å². The van der Waals surface area contributed by atoms with E-state index in [1.165, 1.54) is 18.4 Å². The van der Waals surface area contributed by atoms with Crippen LogP contribution in [0.2, 0.25) is 0 Å². The molecule has 0 saturated heterocycles. The Morgan fingerprint density at radius 1 is 1.62 bits per heavy atom. The number of nitrogens with one attached hydrogen (secondary N) is 1. The normalized spacial score (nSPS) is 21.9. The van der Waals surface area contributed by atoms with Gasteiger partial charge in [-0.15, -0.1) is 0 Å². The average molecular weight is 254 g/mol. The lowest BCUT2D eigenvalue weighted by atomic mass is 10.2. The van der Waals surface area contributed by atoms with Crippen LogP contribution in [0.5, 0.6) is 0 Å². The van der Waals surface area contributed by atoms with Crippen LogP contribution in [0.3, 0.4) is 0 Å². The molecule has 0 saturated carbocycles. The number of hydrogen-bond donors (Lipinski definition) is 1. The van der Waals surface area contributed by atoms with E-state index in [2.05, 4.69) is 41.0 Å². The third kappa shape index (κ3) is 3.01. The first-order valence-corrected chi connectivity index (χ1v) is 7.61. The van der Waals surface area contributed by atoms with Gasteiger partial charge in [-0.1, -0.05) is 25.1 Å². The lowest BCUT2D eigenvalue weighted by Gasteiger charge is -2.13. The molecule has 0 radical (unpaired) electrons. The van der Waals surface area contributed by atoms with Crippen molar-refractivity contribution in [3.63, 3.8) is 0 Å². The second-order valence-corrected chi connectivity index (χ2v) is 6.17. The van der Waals surface area contributed by atoms with Crippen LogP contribution in [-0.2, 0) is 0 Å². The lowest BCUT2D eigenvalue weighted by molar-refractivity contribution is 0.723. The van der Waals surface area contributed by atoms with E-state index in [1.54, 1.807) is 11.3 Å². The van der Waals surface area contributed by atoms with E-state index in [9.17, 15) is 0 Å². The van der Waals surface area contributed by atoms with Crippen molar-refractivity contribution in [2.24, 2.45) is 4.99 Å². The predicted molar refractivity (Wildman–Crippen MR) is 74.5 cm³/mol. The summed E-state index contributed by atoms with van der Waals surface area (Å²) in [5, 5.41) is 9.63. The second kappa shape index (κ2) is 5.73. The maximum Gasteiger partial charge on any atom is 0.157 e. The third-order valence-corrected chi connectivity index (χ3v) is 4.60. The molecule has 2 rings (SSSR count). The van der Waals surface area contributed by atoms with E-state index in [0.717, 1.165) is 11.7 Å². The molecule has 2 heterocycles. The van der Waals surface area contributed by atoms with Crippen LogP contribution in [0.15, 0.2) is 21.8 Å². The number of amidine groups is 1. The summed E-state index contributed by atoms with van der Waals surface area (Å²) >= 11 is 3.65. The minimum absolute atomic E-state index is 0.373. The first kappa shape index (κ1) is 12.0. The zero-order valence-electron chi connectivity index (χ0n) is 9.77. The van der Waals surface area contributed by atoms with E-state index in [0.29, 0.717) is 11.3 Å². The highest BCUT2D eigenvalue weighted by atomic mass is 32.2. The first-order valence-electron chi connectivity index (χ1n) is 5.79. The Bertz CT molecular complexity index is 346. The molecular weight excluding hydrogens is 236 g/mol. The largest absolute Gasteiger partial charge is 0.358 e. The molecule has 2 nitrogen and oxygen atoms in total. The fourth-order valence-electron chi connectivity index (χ4n) is 1.76. The van der Waals surface area contributed by atoms with E-state index < -0.39 is 0 Å². The van der Waals surface area contributed by atoms with Gasteiger partial charge in [0.2, 0.25) is 0 Å². The summed E-state index contributed by atoms with van der Waals surface area (Å²) in [5.74, 6) is 0. The summed E-state index contributed by atoms with van der Waals surface area (Å²) < 4.78 is 0. The quantitative estimate of drug-likeness (QED) is 0.886. The Kier molecular flexibility index (Phi) is 4.29. The SMILES string of the molecule is CCCC1CN=C(NC(C)c2ccsc2)S1. The van der Waals surface area contributed by atoms with Gasteiger partial charge in [0, 0.05) is 5.25 Å². The van der Waals surface area contributed by atoms with Crippen LogP contribution in [-0.4, -0.2) is 17.0 Å². The number of thiophene rings is 1. The van der Waals surface area contributed by atoms with Crippen molar-refractivity contribution in [2.45, 2.75) is 38.0 Å². The molecule has 2 unspecified atom stereocenters. The molecule has 1 aliphatic rings. The highest BCUT2D eigenvalue weighted by molar-refractivity contribution is 8.14. The number of rotatable bonds is 4. The molecule has 0 spiro atoms. The summed E-state index contributed by atoms with van der Waals surface area (Å²) in [7, 11) is 0. The monoisotopic (exact) mass is 254 g/mol. The van der Waals surface area contributed by atoms with Crippen molar-refractivity contribution in [1.29, 1.82) is 0 Å². The summed E-state index contributed by atoms with van der Waals surface area (Å²) in [6.07, 6.45) is 2.52. The zero-order chi connectivity index (χ0) is 11.4. The van der Waals surface area contributed by atoms with E-state index in [1.807, 2.05) is 11.8 Å². The van der Waals surface area contributed by atoms with Gasteiger partial charge < -0.3 is 5.32 Å². The van der Waals surface area contributed by atoms with Gasteiger partial charge in [-0.05, 0) is 35.7 Å². The summed E-state index contributed by atoms with van der Waals surface area (Å²) in [5.41, 5.74) is 1.35. The maximum absolute atomic E-state index is 4.56.